The number of nitrogens with zero attached hydrogens (tertiary/aromatic N) is 1. The van der Waals surface area contributed by atoms with E-state index in [-0.39, 0.29) is 6.61 Å². The van der Waals surface area contributed by atoms with Gasteiger partial charge in [0.1, 0.15) is 28.4 Å². The highest BCUT2D eigenvalue weighted by Crippen LogP contribution is 2.33. The Bertz CT molecular complexity index is 1010. The number of aliphatic hydroxyl groups is 1. The van der Waals surface area contributed by atoms with Crippen LogP contribution in [0.4, 0.5) is 0 Å². The smallest absolute Gasteiger partial charge is 0.178 e. The maximum absolute atomic E-state index is 10.6. The van der Waals surface area contributed by atoms with Crippen LogP contribution in [0, 0.1) is 0 Å². The second-order valence-electron chi connectivity index (χ2n) is 6.69. The molecule has 0 amide bonds. The van der Waals surface area contributed by atoms with E-state index in [2.05, 4.69) is 21.9 Å². The molecule has 7 heteroatoms. The number of hydrogen-bond donors (Lipinski definition) is 2. The molecule has 0 fully saturated rings. The number of nitrogens with one attached hydrogen (secondary N) is 1. The molecule has 2 N–H and O–H groups in total. The third-order valence-corrected chi connectivity index (χ3v) is 5.79. The zero-order valence-corrected chi connectivity index (χ0v) is 16.5. The second-order valence-corrected chi connectivity index (χ2v) is 8.39. The van der Waals surface area contributed by atoms with E-state index in [1.54, 1.807) is 29.6 Å². The molecule has 1 aromatic carbocycles. The number of fused-ring (bicyclic) bond motifs is 1. The summed E-state index contributed by atoms with van der Waals surface area (Å²) in [5, 5.41) is 24.1. The molecule has 0 bridgehead atoms. The molecule has 0 saturated heterocycles. The molecule has 3 aromatic heterocycles. The molecule has 0 aliphatic carbocycles. The topological polar surface area (TPSA) is 67.5 Å². The van der Waals surface area contributed by atoms with Crippen LogP contribution in [0.15, 0.2) is 57.1 Å². The van der Waals surface area contributed by atoms with Crippen molar-refractivity contribution in [1.29, 1.82) is 0 Å². The second kappa shape index (κ2) is 7.82. The van der Waals surface area contributed by atoms with E-state index >= 15 is 0 Å². The van der Waals surface area contributed by atoms with Crippen LogP contribution in [0.2, 0.25) is 0 Å². The molecule has 0 saturated carbocycles. The summed E-state index contributed by atoms with van der Waals surface area (Å²) < 4.78 is 12.2. The van der Waals surface area contributed by atoms with E-state index in [9.17, 15) is 5.11 Å². The fourth-order valence-corrected chi connectivity index (χ4v) is 4.24. The predicted octanol–water partition coefficient (Wildman–Crippen LogP) is 4.54. The Morgan fingerprint density at radius 3 is 3.04 bits per heavy atom. The zero-order valence-electron chi connectivity index (χ0n) is 14.8. The lowest BCUT2D eigenvalue weighted by atomic mass is 10.1. The minimum absolute atomic E-state index is 0.195. The van der Waals surface area contributed by atoms with Crippen LogP contribution in [-0.4, -0.2) is 29.0 Å². The number of thiophene rings is 2. The summed E-state index contributed by atoms with van der Waals surface area (Å²) in [5.74, 6) is 0.693. The van der Waals surface area contributed by atoms with Gasteiger partial charge in [0.2, 0.25) is 0 Å². The first kappa shape index (κ1) is 18.2. The minimum atomic E-state index is -0.971. The Balaban J connectivity index is 1.37. The summed E-state index contributed by atoms with van der Waals surface area (Å²) in [7, 11) is 0. The van der Waals surface area contributed by atoms with Gasteiger partial charge < -0.3 is 19.7 Å². The summed E-state index contributed by atoms with van der Waals surface area (Å²) in [6.45, 7) is 3.14. The van der Waals surface area contributed by atoms with Crippen molar-refractivity contribution in [2.45, 2.75) is 19.1 Å². The minimum Gasteiger partial charge on any atom is -0.491 e. The van der Waals surface area contributed by atoms with E-state index in [0.717, 1.165) is 28.1 Å². The number of aromatic nitrogens is 1. The van der Waals surface area contributed by atoms with Gasteiger partial charge in [-0.05, 0) is 52.9 Å². The third-order valence-electron chi connectivity index (χ3n) is 4.15. The van der Waals surface area contributed by atoms with Crippen molar-refractivity contribution < 1.29 is 14.4 Å². The van der Waals surface area contributed by atoms with Gasteiger partial charge in [0.15, 0.2) is 5.58 Å². The van der Waals surface area contributed by atoms with Crippen LogP contribution in [0.1, 0.15) is 12.5 Å². The van der Waals surface area contributed by atoms with Gasteiger partial charge >= 0.3 is 0 Å². The highest BCUT2D eigenvalue weighted by Gasteiger charge is 2.21. The van der Waals surface area contributed by atoms with E-state index in [0.29, 0.717) is 12.3 Å². The van der Waals surface area contributed by atoms with Crippen LogP contribution in [0.5, 0.6) is 5.75 Å². The molecule has 5 nitrogen and oxygen atoms in total. The summed E-state index contributed by atoms with van der Waals surface area (Å²) in [5.41, 5.74) is 2.79. The van der Waals surface area contributed by atoms with Crippen molar-refractivity contribution in [2.24, 2.45) is 0 Å². The molecular weight excluding hydrogens is 380 g/mol. The molecule has 0 aliphatic heterocycles. The molecule has 27 heavy (non-hydrogen) atoms. The third kappa shape index (κ3) is 4.39. The largest absolute Gasteiger partial charge is 0.491 e. The molecule has 0 aliphatic rings. The number of benzene rings is 1. The van der Waals surface area contributed by atoms with Crippen LogP contribution < -0.4 is 10.1 Å². The Morgan fingerprint density at radius 1 is 1.26 bits per heavy atom. The molecule has 0 unspecified atom stereocenters. The maximum atomic E-state index is 10.6. The van der Waals surface area contributed by atoms with Crippen LogP contribution >= 0.6 is 22.7 Å². The molecule has 0 spiro atoms. The summed E-state index contributed by atoms with van der Waals surface area (Å²) >= 11 is 3.27. The van der Waals surface area contributed by atoms with E-state index in [1.807, 2.05) is 41.1 Å². The average Bonchev–Trinajstić information content (AvgIpc) is 3.38. The van der Waals surface area contributed by atoms with Crippen LogP contribution in [0.3, 0.4) is 0 Å². The molecule has 140 valence electrons. The van der Waals surface area contributed by atoms with Crippen molar-refractivity contribution >= 4 is 33.0 Å². The van der Waals surface area contributed by atoms with Gasteiger partial charge in [0.05, 0.1) is 0 Å². The van der Waals surface area contributed by atoms with Gasteiger partial charge in [-0.3, -0.25) is 0 Å². The zero-order chi connectivity index (χ0) is 18.7. The van der Waals surface area contributed by atoms with Gasteiger partial charge in [0.25, 0.3) is 0 Å². The predicted molar refractivity (Wildman–Crippen MR) is 109 cm³/mol. The lowest BCUT2D eigenvalue weighted by molar-refractivity contribution is 0.0121. The van der Waals surface area contributed by atoms with Crippen molar-refractivity contribution in [1.82, 2.24) is 10.5 Å². The highest BCUT2D eigenvalue weighted by atomic mass is 32.1. The maximum Gasteiger partial charge on any atom is 0.178 e. The first-order chi connectivity index (χ1) is 13.1. The van der Waals surface area contributed by atoms with Crippen molar-refractivity contribution in [3.63, 3.8) is 0 Å². The van der Waals surface area contributed by atoms with E-state index < -0.39 is 5.60 Å². The molecule has 3 heterocycles. The standard InChI is InChI=1S/C20H20N2O3S2/c1-20(23,12-21-10-14-5-7-26-11-14)13-24-16-4-2-3-15(9-16)18-19-17(25-22-18)6-8-27-19/h2-9,11,21,23H,10,12-13H2,1H3/t20-/m0/s1. The fourth-order valence-electron chi connectivity index (χ4n) is 2.75. The molecule has 1 atom stereocenters. The van der Waals surface area contributed by atoms with Crippen molar-refractivity contribution in [3.05, 3.63) is 58.1 Å². The van der Waals surface area contributed by atoms with Gasteiger partial charge in [-0.1, -0.05) is 17.3 Å². The summed E-state index contributed by atoms with van der Waals surface area (Å²) in [6.07, 6.45) is 0. The Hall–Kier alpha value is -2.19. The van der Waals surface area contributed by atoms with Crippen LogP contribution in [0.25, 0.3) is 21.5 Å². The first-order valence-electron chi connectivity index (χ1n) is 8.61. The number of ether oxygens (including phenoxy) is 1. The SMILES string of the molecule is C[C@](O)(CNCc1ccsc1)COc1cccc(-c2noc3ccsc23)c1. The van der Waals surface area contributed by atoms with E-state index in [4.69, 9.17) is 9.26 Å². The van der Waals surface area contributed by atoms with Crippen molar-refractivity contribution in [3.8, 4) is 17.0 Å². The monoisotopic (exact) mass is 400 g/mol. The van der Waals surface area contributed by atoms with Gasteiger partial charge in [-0.25, -0.2) is 0 Å². The van der Waals surface area contributed by atoms with E-state index in [1.165, 1.54) is 5.56 Å². The number of hydrogen-bond acceptors (Lipinski definition) is 7. The quantitative estimate of drug-likeness (QED) is 0.455. The van der Waals surface area contributed by atoms with Gasteiger partial charge in [0, 0.05) is 18.7 Å². The van der Waals surface area contributed by atoms with Crippen LogP contribution in [-0.2, 0) is 6.54 Å². The van der Waals surface area contributed by atoms with Gasteiger partial charge in [-0.15, -0.1) is 11.3 Å². The average molecular weight is 401 g/mol. The molecule has 0 radical (unpaired) electrons. The molecular formula is C20H20N2O3S2. The van der Waals surface area contributed by atoms with Crippen molar-refractivity contribution in [2.75, 3.05) is 13.2 Å². The Labute approximate surface area is 165 Å². The molecule has 4 rings (SSSR count). The Kier molecular flexibility index (Phi) is 5.27. The van der Waals surface area contributed by atoms with Gasteiger partial charge in [-0.2, -0.15) is 11.3 Å². The summed E-state index contributed by atoms with van der Waals surface area (Å²) in [4.78, 5) is 0. The lowest BCUT2D eigenvalue weighted by Crippen LogP contribution is -2.42. The normalized spacial score (nSPS) is 13.7. The molecule has 4 aromatic rings. The highest BCUT2D eigenvalue weighted by molar-refractivity contribution is 7.17. The Morgan fingerprint density at radius 2 is 2.19 bits per heavy atom. The number of rotatable bonds is 8. The fraction of sp³-hybridized carbons (Fsp3) is 0.250. The first-order valence-corrected chi connectivity index (χ1v) is 10.4. The summed E-state index contributed by atoms with van der Waals surface area (Å²) in [6, 6.07) is 11.7. The lowest BCUT2D eigenvalue weighted by Gasteiger charge is -2.24.